The summed E-state index contributed by atoms with van der Waals surface area (Å²) in [6, 6.07) is 17.2. The van der Waals surface area contributed by atoms with E-state index in [1.807, 2.05) is 0 Å². The highest BCUT2D eigenvalue weighted by atomic mass is 32.2. The first-order chi connectivity index (χ1) is 18.2. The summed E-state index contributed by atoms with van der Waals surface area (Å²) in [6.45, 7) is 5.07. The maximum absolute atomic E-state index is 14.6. The molecule has 0 aliphatic carbocycles. The van der Waals surface area contributed by atoms with Gasteiger partial charge >= 0.3 is 6.09 Å². The number of nitrogens with zero attached hydrogens (tertiary/aromatic N) is 1. The molecule has 0 saturated carbocycles. The van der Waals surface area contributed by atoms with E-state index < -0.39 is 33.4 Å². The summed E-state index contributed by atoms with van der Waals surface area (Å²) >= 11 is 0. The van der Waals surface area contributed by atoms with Crippen molar-refractivity contribution in [1.82, 2.24) is 4.57 Å². The molecule has 4 aromatic rings. The summed E-state index contributed by atoms with van der Waals surface area (Å²) in [4.78, 5) is 26.7. The van der Waals surface area contributed by atoms with Gasteiger partial charge in [0.1, 0.15) is 22.9 Å². The van der Waals surface area contributed by atoms with Gasteiger partial charge in [0.15, 0.2) is 0 Å². The molecule has 0 unspecified atom stereocenters. The summed E-state index contributed by atoms with van der Waals surface area (Å²) in [5, 5.41) is 3.27. The Bertz CT molecular complexity index is 1690. The van der Waals surface area contributed by atoms with E-state index >= 15 is 0 Å². The highest BCUT2D eigenvalue weighted by molar-refractivity contribution is 7.92. The summed E-state index contributed by atoms with van der Waals surface area (Å²) < 4.78 is 52.2. The van der Waals surface area contributed by atoms with Crippen LogP contribution < -0.4 is 14.8 Å². The molecule has 39 heavy (non-hydrogen) atoms. The SMILES string of the molecule is COc1ccc(-c2cccc(NC(=O)c3cc4ccc(NS(C)(=O)=O)cc4n3C(=O)OC(C)(C)C)c2)c(F)c1. The second-order valence-electron chi connectivity index (χ2n) is 9.87. The van der Waals surface area contributed by atoms with Crippen molar-refractivity contribution in [1.29, 1.82) is 0 Å². The number of hydrogen-bond donors (Lipinski definition) is 2. The lowest BCUT2D eigenvalue weighted by Gasteiger charge is -2.21. The van der Waals surface area contributed by atoms with Crippen LogP contribution in [0.2, 0.25) is 0 Å². The number of fused-ring (bicyclic) bond motifs is 1. The number of methoxy groups -OCH3 is 1. The molecule has 0 aliphatic heterocycles. The highest BCUT2D eigenvalue weighted by Crippen LogP contribution is 2.29. The van der Waals surface area contributed by atoms with Gasteiger partial charge in [-0.25, -0.2) is 22.2 Å². The first kappa shape index (κ1) is 27.6. The number of carbonyl (C=O) groups is 2. The zero-order valence-corrected chi connectivity index (χ0v) is 22.9. The van der Waals surface area contributed by atoms with E-state index in [0.29, 0.717) is 28.0 Å². The standard InChI is InChI=1S/C28H28FN3O6S/c1-28(2,3)38-27(34)32-24-15-20(31-39(5,35)36)10-9-18(24)14-25(32)26(33)30-19-8-6-7-17(13-19)22-12-11-21(37-4)16-23(22)29/h6-16,31H,1-5H3,(H,30,33). The van der Waals surface area contributed by atoms with Crippen LogP contribution in [-0.2, 0) is 14.8 Å². The maximum atomic E-state index is 14.6. The predicted molar refractivity (Wildman–Crippen MR) is 148 cm³/mol. The molecular formula is C28H28FN3O6S. The Morgan fingerprint density at radius 3 is 2.33 bits per heavy atom. The second-order valence-corrected chi connectivity index (χ2v) is 11.6. The van der Waals surface area contributed by atoms with Crippen LogP contribution in [0.15, 0.2) is 66.7 Å². The first-order valence-corrected chi connectivity index (χ1v) is 13.8. The fourth-order valence-corrected chi connectivity index (χ4v) is 4.52. The fraction of sp³-hybridized carbons (Fsp3) is 0.214. The summed E-state index contributed by atoms with van der Waals surface area (Å²) in [5.41, 5.74) is 0.815. The van der Waals surface area contributed by atoms with E-state index in [4.69, 9.17) is 9.47 Å². The largest absolute Gasteiger partial charge is 0.497 e. The van der Waals surface area contributed by atoms with E-state index in [2.05, 4.69) is 10.0 Å². The molecular weight excluding hydrogens is 525 g/mol. The molecule has 3 aromatic carbocycles. The minimum absolute atomic E-state index is 0.0308. The molecule has 0 atom stereocenters. The Morgan fingerprint density at radius 1 is 0.949 bits per heavy atom. The fourth-order valence-electron chi connectivity index (χ4n) is 3.97. The molecule has 0 bridgehead atoms. The lowest BCUT2D eigenvalue weighted by molar-refractivity contribution is 0.0536. The molecule has 4 rings (SSSR count). The molecule has 1 amide bonds. The molecule has 11 heteroatoms. The van der Waals surface area contributed by atoms with Crippen molar-refractivity contribution in [3.05, 3.63) is 78.2 Å². The van der Waals surface area contributed by atoms with Crippen LogP contribution in [0.25, 0.3) is 22.0 Å². The third-order valence-corrected chi connectivity index (χ3v) is 6.13. The zero-order valence-electron chi connectivity index (χ0n) is 22.0. The van der Waals surface area contributed by atoms with Gasteiger partial charge in [-0.2, -0.15) is 0 Å². The summed E-state index contributed by atoms with van der Waals surface area (Å²) in [6.07, 6.45) is 0.197. The number of ether oxygens (including phenoxy) is 2. The van der Waals surface area contributed by atoms with E-state index in [0.717, 1.165) is 10.8 Å². The van der Waals surface area contributed by atoms with Crippen molar-refractivity contribution in [3.63, 3.8) is 0 Å². The predicted octanol–water partition coefficient (Wildman–Crippen LogP) is 5.86. The van der Waals surface area contributed by atoms with Gasteiger partial charge in [-0.1, -0.05) is 18.2 Å². The van der Waals surface area contributed by atoms with Crippen LogP contribution in [0, 0.1) is 5.82 Å². The van der Waals surface area contributed by atoms with Gasteiger partial charge in [-0.15, -0.1) is 0 Å². The Morgan fingerprint density at radius 2 is 1.69 bits per heavy atom. The summed E-state index contributed by atoms with van der Waals surface area (Å²) in [7, 11) is -2.13. The smallest absolute Gasteiger partial charge is 0.419 e. The van der Waals surface area contributed by atoms with E-state index in [-0.39, 0.29) is 16.9 Å². The topological polar surface area (TPSA) is 116 Å². The molecule has 0 aliphatic rings. The van der Waals surface area contributed by atoms with Crippen molar-refractivity contribution >= 4 is 44.3 Å². The minimum atomic E-state index is -3.58. The number of halogens is 1. The first-order valence-electron chi connectivity index (χ1n) is 11.9. The van der Waals surface area contributed by atoms with Gasteiger partial charge in [0.05, 0.1) is 24.6 Å². The average Bonchev–Trinajstić information content (AvgIpc) is 3.21. The normalized spacial score (nSPS) is 11.7. The van der Waals surface area contributed by atoms with Crippen LogP contribution in [0.4, 0.5) is 20.6 Å². The van der Waals surface area contributed by atoms with Crippen LogP contribution in [-0.4, -0.2) is 44.0 Å². The number of benzene rings is 3. The van der Waals surface area contributed by atoms with Gasteiger partial charge in [-0.05, 0) is 68.8 Å². The molecule has 0 radical (unpaired) electrons. The molecule has 0 saturated heterocycles. The molecule has 2 N–H and O–H groups in total. The zero-order chi connectivity index (χ0) is 28.5. The van der Waals surface area contributed by atoms with Gasteiger partial charge in [0.2, 0.25) is 10.0 Å². The van der Waals surface area contributed by atoms with Crippen LogP contribution in [0.3, 0.4) is 0 Å². The highest BCUT2D eigenvalue weighted by Gasteiger charge is 2.26. The number of nitrogens with one attached hydrogen (secondary N) is 2. The molecule has 1 heterocycles. The number of anilines is 2. The van der Waals surface area contributed by atoms with E-state index in [1.54, 1.807) is 63.2 Å². The third kappa shape index (κ3) is 6.55. The molecule has 204 valence electrons. The monoisotopic (exact) mass is 553 g/mol. The number of sulfonamides is 1. The third-order valence-electron chi connectivity index (χ3n) is 5.52. The number of amides is 1. The van der Waals surface area contributed by atoms with Gasteiger partial charge in [0.25, 0.3) is 5.91 Å². The van der Waals surface area contributed by atoms with E-state index in [1.165, 1.54) is 31.4 Å². The molecule has 1 aromatic heterocycles. The Balaban J connectivity index is 1.73. The number of aromatic nitrogens is 1. The summed E-state index contributed by atoms with van der Waals surface area (Å²) in [5.74, 6) is -0.728. The van der Waals surface area contributed by atoms with Crippen molar-refractivity contribution in [3.8, 4) is 16.9 Å². The van der Waals surface area contributed by atoms with Gasteiger partial charge < -0.3 is 14.8 Å². The lowest BCUT2D eigenvalue weighted by Crippen LogP contribution is -2.29. The number of carbonyl (C=O) groups excluding carboxylic acids is 2. The number of rotatable bonds is 6. The molecule has 0 fully saturated rings. The van der Waals surface area contributed by atoms with Crippen molar-refractivity contribution in [2.45, 2.75) is 26.4 Å². The van der Waals surface area contributed by atoms with Crippen LogP contribution >= 0.6 is 0 Å². The number of hydrogen-bond acceptors (Lipinski definition) is 6. The molecule has 0 spiro atoms. The van der Waals surface area contributed by atoms with Crippen molar-refractivity contribution in [2.75, 3.05) is 23.4 Å². The second kappa shape index (κ2) is 10.4. The average molecular weight is 554 g/mol. The van der Waals surface area contributed by atoms with E-state index in [9.17, 15) is 22.4 Å². The van der Waals surface area contributed by atoms with Gasteiger partial charge in [-0.3, -0.25) is 9.52 Å². The van der Waals surface area contributed by atoms with Crippen LogP contribution in [0.5, 0.6) is 5.75 Å². The maximum Gasteiger partial charge on any atom is 0.419 e. The quantitative estimate of drug-likeness (QED) is 0.309. The van der Waals surface area contributed by atoms with Crippen molar-refractivity contribution < 1.29 is 31.9 Å². The lowest BCUT2D eigenvalue weighted by atomic mass is 10.0. The van der Waals surface area contributed by atoms with Crippen molar-refractivity contribution in [2.24, 2.45) is 0 Å². The van der Waals surface area contributed by atoms with Gasteiger partial charge in [0, 0.05) is 22.7 Å². The minimum Gasteiger partial charge on any atom is -0.497 e. The Labute approximate surface area is 225 Å². The Hall–Kier alpha value is -4.38. The Kier molecular flexibility index (Phi) is 7.38. The van der Waals surface area contributed by atoms with Crippen LogP contribution in [0.1, 0.15) is 31.3 Å². The molecule has 9 nitrogen and oxygen atoms in total.